The molecule has 0 radical (unpaired) electrons. The number of nitrogens with one attached hydrogen (secondary N) is 1. The van der Waals surface area contributed by atoms with Crippen molar-refractivity contribution < 1.29 is 8.42 Å². The van der Waals surface area contributed by atoms with Crippen molar-refractivity contribution in [2.75, 3.05) is 5.75 Å². The van der Waals surface area contributed by atoms with E-state index in [2.05, 4.69) is 16.9 Å². The fourth-order valence-electron chi connectivity index (χ4n) is 2.56. The van der Waals surface area contributed by atoms with Gasteiger partial charge in [0.25, 0.3) is 0 Å². The molecule has 2 atom stereocenters. The predicted octanol–water partition coefficient (Wildman–Crippen LogP) is 1.48. The second kappa shape index (κ2) is 6.14. The molecule has 1 saturated heterocycles. The minimum absolute atomic E-state index is 0.129. The van der Waals surface area contributed by atoms with E-state index in [1.807, 2.05) is 5.38 Å². The molecule has 1 aliphatic rings. The van der Waals surface area contributed by atoms with Crippen LogP contribution in [0.5, 0.6) is 0 Å². The van der Waals surface area contributed by atoms with Gasteiger partial charge in [-0.15, -0.1) is 0 Å². The average Bonchev–Trinajstić information content (AvgIpc) is 2.84. The molecule has 0 bridgehead atoms. The topological polar surface area (TPSA) is 72.2 Å². The number of hydrazine groups is 1. The maximum absolute atomic E-state index is 12.0. The molecule has 0 spiro atoms. The van der Waals surface area contributed by atoms with Gasteiger partial charge in [0.05, 0.1) is 11.0 Å². The molecule has 1 fully saturated rings. The molecule has 6 heteroatoms. The summed E-state index contributed by atoms with van der Waals surface area (Å²) < 4.78 is 24.1. The van der Waals surface area contributed by atoms with E-state index in [0.29, 0.717) is 5.75 Å². The van der Waals surface area contributed by atoms with Gasteiger partial charge in [-0.3, -0.25) is 11.3 Å². The van der Waals surface area contributed by atoms with Crippen molar-refractivity contribution in [2.45, 2.75) is 43.4 Å². The van der Waals surface area contributed by atoms with Gasteiger partial charge < -0.3 is 0 Å². The third kappa shape index (κ3) is 3.32. The van der Waals surface area contributed by atoms with Crippen LogP contribution >= 0.6 is 11.3 Å². The van der Waals surface area contributed by atoms with Crippen molar-refractivity contribution in [1.29, 1.82) is 0 Å². The normalized spacial score (nSPS) is 24.8. The van der Waals surface area contributed by atoms with Crippen molar-refractivity contribution >= 4 is 21.2 Å². The average molecular weight is 288 g/mol. The number of nitrogens with two attached hydrogens (primary N) is 1. The Balaban J connectivity index is 1.99. The van der Waals surface area contributed by atoms with Gasteiger partial charge in [0.15, 0.2) is 9.84 Å². The van der Waals surface area contributed by atoms with Gasteiger partial charge in [0.1, 0.15) is 0 Å². The lowest BCUT2D eigenvalue weighted by atomic mass is 10.0. The lowest BCUT2D eigenvalue weighted by Gasteiger charge is -2.29. The second-order valence-corrected chi connectivity index (χ2v) is 7.96. The van der Waals surface area contributed by atoms with E-state index in [1.165, 1.54) is 5.56 Å². The molecule has 18 heavy (non-hydrogen) atoms. The number of rotatable bonds is 5. The van der Waals surface area contributed by atoms with Crippen LogP contribution in [-0.2, 0) is 16.3 Å². The number of sulfone groups is 1. The zero-order valence-corrected chi connectivity index (χ0v) is 12.0. The first-order chi connectivity index (χ1) is 8.63. The van der Waals surface area contributed by atoms with Crippen molar-refractivity contribution in [1.82, 2.24) is 5.43 Å². The van der Waals surface area contributed by atoms with Crippen LogP contribution in [-0.4, -0.2) is 25.5 Å². The van der Waals surface area contributed by atoms with Crippen LogP contribution in [0.1, 0.15) is 31.2 Å². The molecule has 102 valence electrons. The maximum Gasteiger partial charge on any atom is 0.154 e. The van der Waals surface area contributed by atoms with Crippen LogP contribution in [0.3, 0.4) is 0 Å². The number of thiophene rings is 1. The summed E-state index contributed by atoms with van der Waals surface area (Å²) in [7, 11) is -2.97. The third-order valence-electron chi connectivity index (χ3n) is 3.62. The molecule has 0 aromatic carbocycles. The molecular formula is C12H20N2O2S2. The number of hydrogen-bond acceptors (Lipinski definition) is 5. The summed E-state index contributed by atoms with van der Waals surface area (Å²) in [6.07, 6.45) is 4.17. The van der Waals surface area contributed by atoms with Gasteiger partial charge in [-0.1, -0.05) is 6.42 Å². The SMILES string of the molecule is NNC(CCc1ccsc1)C1CCCCS1(=O)=O. The zero-order chi connectivity index (χ0) is 13.0. The molecule has 1 aliphatic heterocycles. The molecule has 1 aromatic heterocycles. The summed E-state index contributed by atoms with van der Waals surface area (Å²) in [6, 6.07) is 1.95. The lowest BCUT2D eigenvalue weighted by molar-refractivity contribution is 0.423. The molecule has 0 amide bonds. The van der Waals surface area contributed by atoms with Crippen molar-refractivity contribution in [2.24, 2.45) is 5.84 Å². The van der Waals surface area contributed by atoms with E-state index in [9.17, 15) is 8.42 Å². The Hall–Kier alpha value is -0.430. The summed E-state index contributed by atoms with van der Waals surface area (Å²) in [5, 5.41) is 3.83. The molecule has 4 nitrogen and oxygen atoms in total. The minimum Gasteiger partial charge on any atom is -0.271 e. The van der Waals surface area contributed by atoms with Gasteiger partial charge in [0.2, 0.25) is 0 Å². The standard InChI is InChI=1S/C12H20N2O2S2/c13-14-11(5-4-10-6-7-17-9-10)12-3-1-2-8-18(12,15)16/h6-7,9,11-12,14H,1-5,8,13H2. The quantitative estimate of drug-likeness (QED) is 0.636. The first-order valence-electron chi connectivity index (χ1n) is 6.32. The van der Waals surface area contributed by atoms with Gasteiger partial charge in [-0.25, -0.2) is 8.42 Å². The highest BCUT2D eigenvalue weighted by Crippen LogP contribution is 2.24. The van der Waals surface area contributed by atoms with Gasteiger partial charge >= 0.3 is 0 Å². The van der Waals surface area contributed by atoms with E-state index < -0.39 is 9.84 Å². The highest BCUT2D eigenvalue weighted by Gasteiger charge is 2.34. The van der Waals surface area contributed by atoms with Crippen LogP contribution in [0.4, 0.5) is 0 Å². The summed E-state index contributed by atoms with van der Waals surface area (Å²) in [5.41, 5.74) is 3.97. The molecule has 0 saturated carbocycles. The van der Waals surface area contributed by atoms with Crippen molar-refractivity contribution in [3.63, 3.8) is 0 Å². The number of aryl methyl sites for hydroxylation is 1. The first kappa shape index (κ1) is 14.0. The Morgan fingerprint density at radius 3 is 2.94 bits per heavy atom. The van der Waals surface area contributed by atoms with Crippen LogP contribution in [0, 0.1) is 0 Å². The third-order valence-corrected chi connectivity index (χ3v) is 6.69. The zero-order valence-electron chi connectivity index (χ0n) is 10.3. The Morgan fingerprint density at radius 1 is 1.50 bits per heavy atom. The Labute approximate surface area is 112 Å². The van der Waals surface area contributed by atoms with Crippen LogP contribution in [0.25, 0.3) is 0 Å². The molecule has 2 rings (SSSR count). The maximum atomic E-state index is 12.0. The van der Waals surface area contributed by atoms with Crippen LogP contribution in [0.2, 0.25) is 0 Å². The first-order valence-corrected chi connectivity index (χ1v) is 8.98. The smallest absolute Gasteiger partial charge is 0.154 e. The molecule has 0 aliphatic carbocycles. The monoisotopic (exact) mass is 288 g/mol. The Kier molecular flexibility index (Phi) is 4.77. The van der Waals surface area contributed by atoms with Crippen molar-refractivity contribution in [3.05, 3.63) is 22.4 Å². The largest absolute Gasteiger partial charge is 0.271 e. The van der Waals surface area contributed by atoms with Crippen molar-refractivity contribution in [3.8, 4) is 0 Å². The van der Waals surface area contributed by atoms with E-state index in [0.717, 1.165) is 32.1 Å². The summed E-state index contributed by atoms with van der Waals surface area (Å²) in [5.74, 6) is 5.87. The van der Waals surface area contributed by atoms with E-state index >= 15 is 0 Å². The minimum atomic E-state index is -2.97. The summed E-state index contributed by atoms with van der Waals surface area (Å²) in [4.78, 5) is 0. The Morgan fingerprint density at radius 2 is 2.33 bits per heavy atom. The van der Waals surface area contributed by atoms with Gasteiger partial charge in [0, 0.05) is 6.04 Å². The van der Waals surface area contributed by atoms with Gasteiger partial charge in [-0.05, 0) is 48.1 Å². The van der Waals surface area contributed by atoms with Crippen LogP contribution in [0.15, 0.2) is 16.8 Å². The van der Waals surface area contributed by atoms with Crippen LogP contribution < -0.4 is 11.3 Å². The molecule has 2 heterocycles. The predicted molar refractivity (Wildman–Crippen MR) is 75.2 cm³/mol. The van der Waals surface area contributed by atoms with E-state index in [4.69, 9.17) is 5.84 Å². The fourth-order valence-corrected chi connectivity index (χ4v) is 5.42. The van der Waals surface area contributed by atoms with Gasteiger partial charge in [-0.2, -0.15) is 11.3 Å². The second-order valence-electron chi connectivity index (χ2n) is 4.84. The molecular weight excluding hydrogens is 268 g/mol. The fraction of sp³-hybridized carbons (Fsp3) is 0.667. The molecule has 2 unspecified atom stereocenters. The van der Waals surface area contributed by atoms with E-state index in [-0.39, 0.29) is 11.3 Å². The highest BCUT2D eigenvalue weighted by atomic mass is 32.2. The highest BCUT2D eigenvalue weighted by molar-refractivity contribution is 7.92. The number of hydrogen-bond donors (Lipinski definition) is 2. The molecule has 1 aromatic rings. The Bertz CT molecular complexity index is 456. The van der Waals surface area contributed by atoms with E-state index in [1.54, 1.807) is 11.3 Å². The summed E-state index contributed by atoms with van der Waals surface area (Å²) >= 11 is 1.66. The summed E-state index contributed by atoms with van der Waals surface area (Å²) in [6.45, 7) is 0. The lowest BCUT2D eigenvalue weighted by Crippen LogP contribution is -2.49. The molecule has 3 N–H and O–H groups in total.